The van der Waals surface area contributed by atoms with Gasteiger partial charge in [0.05, 0.1) is 17.2 Å². The zero-order chi connectivity index (χ0) is 13.5. The highest BCUT2D eigenvalue weighted by Gasteiger charge is 1.97. The second-order valence-corrected chi connectivity index (χ2v) is 5.34. The Kier molecular flexibility index (Phi) is 5.35. The van der Waals surface area contributed by atoms with Crippen molar-refractivity contribution in [2.45, 2.75) is 13.1 Å². The summed E-state index contributed by atoms with van der Waals surface area (Å²) in [6, 6.07) is 10.2. The highest BCUT2D eigenvalue weighted by atomic mass is 79.9. The average Bonchev–Trinajstić information content (AvgIpc) is 2.83. The molecular formula is C13H15BrN4S. The molecule has 0 atom stereocenters. The van der Waals surface area contributed by atoms with E-state index in [-0.39, 0.29) is 0 Å². The van der Waals surface area contributed by atoms with Gasteiger partial charge in [-0.2, -0.15) is 5.10 Å². The fourth-order valence-corrected chi connectivity index (χ4v) is 2.09. The van der Waals surface area contributed by atoms with E-state index < -0.39 is 0 Å². The number of nitrogens with one attached hydrogen (secondary N) is 2. The Bertz CT molecular complexity index is 526. The monoisotopic (exact) mass is 338 g/mol. The lowest BCUT2D eigenvalue weighted by atomic mass is 10.2. The number of rotatable bonds is 5. The van der Waals surface area contributed by atoms with Gasteiger partial charge in [0, 0.05) is 19.3 Å². The Balaban J connectivity index is 1.65. The van der Waals surface area contributed by atoms with Crippen LogP contribution in [-0.2, 0) is 13.1 Å². The van der Waals surface area contributed by atoms with Gasteiger partial charge in [-0.1, -0.05) is 30.3 Å². The summed E-state index contributed by atoms with van der Waals surface area (Å²) in [6.45, 7) is 2.26. The van der Waals surface area contributed by atoms with E-state index in [9.17, 15) is 0 Å². The van der Waals surface area contributed by atoms with Crippen LogP contribution in [0.2, 0.25) is 0 Å². The molecule has 0 saturated carbocycles. The third kappa shape index (κ3) is 5.00. The standard InChI is InChI=1S/C13H15BrN4S/c14-12-9-17-18(10-12)7-6-15-13(19)16-8-11-4-2-1-3-5-11/h1-5,9-10H,6-8H2,(H2,15,16,19). The van der Waals surface area contributed by atoms with E-state index in [0.29, 0.717) is 5.11 Å². The van der Waals surface area contributed by atoms with Gasteiger partial charge in [-0.3, -0.25) is 4.68 Å². The van der Waals surface area contributed by atoms with Crippen molar-refractivity contribution >= 4 is 33.3 Å². The van der Waals surface area contributed by atoms with E-state index in [0.717, 1.165) is 24.1 Å². The zero-order valence-electron chi connectivity index (χ0n) is 10.3. The number of aromatic nitrogens is 2. The summed E-state index contributed by atoms with van der Waals surface area (Å²) in [7, 11) is 0. The number of halogens is 1. The van der Waals surface area contributed by atoms with E-state index >= 15 is 0 Å². The zero-order valence-corrected chi connectivity index (χ0v) is 12.7. The number of nitrogens with zero attached hydrogens (tertiary/aromatic N) is 2. The molecule has 0 unspecified atom stereocenters. The predicted octanol–water partition coefficient (Wildman–Crippen LogP) is 2.31. The molecule has 1 aromatic heterocycles. The molecule has 0 saturated heterocycles. The van der Waals surface area contributed by atoms with Crippen molar-refractivity contribution in [1.29, 1.82) is 0 Å². The molecule has 0 amide bonds. The van der Waals surface area contributed by atoms with Crippen molar-refractivity contribution in [3.63, 3.8) is 0 Å². The molecule has 2 aromatic rings. The van der Waals surface area contributed by atoms with Crippen molar-refractivity contribution in [2.75, 3.05) is 6.54 Å². The number of hydrogen-bond acceptors (Lipinski definition) is 2. The predicted molar refractivity (Wildman–Crippen MR) is 83.8 cm³/mol. The molecule has 19 heavy (non-hydrogen) atoms. The third-order valence-corrected chi connectivity index (χ3v) is 3.22. The molecule has 1 aromatic carbocycles. The van der Waals surface area contributed by atoms with Crippen molar-refractivity contribution in [1.82, 2.24) is 20.4 Å². The molecule has 0 fully saturated rings. The van der Waals surface area contributed by atoms with Crippen LogP contribution in [0.1, 0.15) is 5.56 Å². The van der Waals surface area contributed by atoms with Gasteiger partial charge in [0.15, 0.2) is 5.11 Å². The first kappa shape index (κ1) is 14.0. The maximum absolute atomic E-state index is 5.21. The van der Waals surface area contributed by atoms with Gasteiger partial charge in [-0.05, 0) is 33.7 Å². The van der Waals surface area contributed by atoms with Crippen molar-refractivity contribution in [3.8, 4) is 0 Å². The molecule has 4 nitrogen and oxygen atoms in total. The SMILES string of the molecule is S=C(NCCn1cc(Br)cn1)NCc1ccccc1. The highest BCUT2D eigenvalue weighted by Crippen LogP contribution is 2.05. The van der Waals surface area contributed by atoms with Crippen LogP contribution in [0.3, 0.4) is 0 Å². The first-order chi connectivity index (χ1) is 9.24. The van der Waals surface area contributed by atoms with E-state index in [2.05, 4.69) is 43.8 Å². The Labute approximate surface area is 126 Å². The summed E-state index contributed by atoms with van der Waals surface area (Å²) < 4.78 is 2.84. The Hall–Kier alpha value is -1.40. The lowest BCUT2D eigenvalue weighted by Gasteiger charge is -2.10. The van der Waals surface area contributed by atoms with Gasteiger partial charge in [0.1, 0.15) is 0 Å². The molecule has 0 aliphatic carbocycles. The van der Waals surface area contributed by atoms with Gasteiger partial charge < -0.3 is 10.6 Å². The summed E-state index contributed by atoms with van der Waals surface area (Å²) in [4.78, 5) is 0. The van der Waals surface area contributed by atoms with Crippen LogP contribution in [0.15, 0.2) is 47.2 Å². The summed E-state index contributed by atoms with van der Waals surface area (Å²) in [5, 5.41) is 11.2. The lowest BCUT2D eigenvalue weighted by Crippen LogP contribution is -2.36. The van der Waals surface area contributed by atoms with Crippen molar-refractivity contribution < 1.29 is 0 Å². The van der Waals surface area contributed by atoms with E-state index in [1.54, 1.807) is 6.20 Å². The van der Waals surface area contributed by atoms with Gasteiger partial charge in [-0.15, -0.1) is 0 Å². The van der Waals surface area contributed by atoms with E-state index in [4.69, 9.17) is 12.2 Å². The van der Waals surface area contributed by atoms with Crippen LogP contribution < -0.4 is 10.6 Å². The second-order valence-electron chi connectivity index (χ2n) is 4.02. The fourth-order valence-electron chi connectivity index (χ4n) is 1.59. The van der Waals surface area contributed by atoms with Gasteiger partial charge in [0.25, 0.3) is 0 Å². The van der Waals surface area contributed by atoms with Gasteiger partial charge in [-0.25, -0.2) is 0 Å². The molecule has 0 bridgehead atoms. The number of benzene rings is 1. The van der Waals surface area contributed by atoms with Crippen LogP contribution in [0.25, 0.3) is 0 Å². The molecule has 0 aliphatic rings. The maximum atomic E-state index is 5.21. The first-order valence-corrected chi connectivity index (χ1v) is 7.18. The van der Waals surface area contributed by atoms with Crippen LogP contribution in [0.5, 0.6) is 0 Å². The molecule has 100 valence electrons. The maximum Gasteiger partial charge on any atom is 0.166 e. The molecule has 6 heteroatoms. The lowest BCUT2D eigenvalue weighted by molar-refractivity contribution is 0.600. The van der Waals surface area contributed by atoms with Crippen LogP contribution >= 0.6 is 28.1 Å². The summed E-state index contributed by atoms with van der Waals surface area (Å²) in [5.41, 5.74) is 1.21. The minimum atomic E-state index is 0.662. The molecule has 1 heterocycles. The van der Waals surface area contributed by atoms with E-state index in [1.807, 2.05) is 29.1 Å². The Morgan fingerprint density at radius 1 is 1.26 bits per heavy atom. The summed E-state index contributed by atoms with van der Waals surface area (Å²) >= 11 is 8.57. The fraction of sp³-hybridized carbons (Fsp3) is 0.231. The second kappa shape index (κ2) is 7.25. The average molecular weight is 339 g/mol. The topological polar surface area (TPSA) is 41.9 Å². The summed E-state index contributed by atoms with van der Waals surface area (Å²) in [6.07, 6.45) is 3.70. The Morgan fingerprint density at radius 3 is 2.74 bits per heavy atom. The molecule has 2 N–H and O–H groups in total. The minimum Gasteiger partial charge on any atom is -0.361 e. The van der Waals surface area contributed by atoms with E-state index in [1.165, 1.54) is 5.56 Å². The van der Waals surface area contributed by atoms with Gasteiger partial charge in [0.2, 0.25) is 0 Å². The molecule has 0 radical (unpaired) electrons. The normalized spacial score (nSPS) is 10.2. The third-order valence-electron chi connectivity index (χ3n) is 2.52. The molecule has 2 rings (SSSR count). The molecule has 0 spiro atoms. The summed E-state index contributed by atoms with van der Waals surface area (Å²) in [5.74, 6) is 0. The largest absolute Gasteiger partial charge is 0.361 e. The van der Waals surface area contributed by atoms with Crippen LogP contribution in [0, 0.1) is 0 Å². The van der Waals surface area contributed by atoms with Crippen LogP contribution in [-0.4, -0.2) is 21.4 Å². The van der Waals surface area contributed by atoms with Crippen LogP contribution in [0.4, 0.5) is 0 Å². The smallest absolute Gasteiger partial charge is 0.166 e. The molecule has 0 aliphatic heterocycles. The number of hydrogen-bond donors (Lipinski definition) is 2. The van der Waals surface area contributed by atoms with Gasteiger partial charge >= 0.3 is 0 Å². The molecular weight excluding hydrogens is 324 g/mol. The van der Waals surface area contributed by atoms with Crippen molar-refractivity contribution in [2.24, 2.45) is 0 Å². The first-order valence-electron chi connectivity index (χ1n) is 5.97. The number of thiocarbonyl (C=S) groups is 1. The quantitative estimate of drug-likeness (QED) is 0.821. The minimum absolute atomic E-state index is 0.662. The highest BCUT2D eigenvalue weighted by molar-refractivity contribution is 9.10. The van der Waals surface area contributed by atoms with Crippen molar-refractivity contribution in [3.05, 3.63) is 52.8 Å². The Morgan fingerprint density at radius 2 is 2.05 bits per heavy atom.